The summed E-state index contributed by atoms with van der Waals surface area (Å²) in [5, 5.41) is 4.40. The van der Waals surface area contributed by atoms with E-state index in [9.17, 15) is 4.79 Å². The smallest absolute Gasteiger partial charge is 0.282 e. The summed E-state index contributed by atoms with van der Waals surface area (Å²) in [6.45, 7) is 5.89. The zero-order chi connectivity index (χ0) is 15.1. The van der Waals surface area contributed by atoms with Gasteiger partial charge in [0.1, 0.15) is 6.33 Å². The Kier molecular flexibility index (Phi) is 3.04. The normalized spacial score (nSPS) is 12.8. The van der Waals surface area contributed by atoms with E-state index in [0.717, 1.165) is 17.0 Å². The van der Waals surface area contributed by atoms with Crippen LogP contribution in [0.5, 0.6) is 0 Å². The molecule has 0 spiro atoms. The number of rotatable bonds is 2. The first-order chi connectivity index (χ1) is 10.0. The lowest BCUT2D eigenvalue weighted by Crippen LogP contribution is -2.26. The summed E-state index contributed by atoms with van der Waals surface area (Å²) in [6.07, 6.45) is 4.55. The number of hydrogen-bond donors (Lipinski definition) is 0. The lowest BCUT2D eigenvalue weighted by Gasteiger charge is -2.15. The second kappa shape index (κ2) is 4.76. The fraction of sp³-hybridized carbons (Fsp3) is 0.357. The topological polar surface area (TPSA) is 78.5 Å². The fourth-order valence-electron chi connectivity index (χ4n) is 2.68. The largest absolute Gasteiger partial charge is 0.290 e. The first-order valence-corrected chi connectivity index (χ1v) is 6.68. The Morgan fingerprint density at radius 3 is 2.52 bits per heavy atom. The van der Waals surface area contributed by atoms with Gasteiger partial charge in [0.25, 0.3) is 5.56 Å². The standard InChI is InChI=1S/C14H16N6O/c1-8-11(9(2)19(4)18-8)10(3)20-7-17-13-12(14(20)21)15-5-6-16-13/h5-7,10H,1-4H3. The van der Waals surface area contributed by atoms with E-state index in [2.05, 4.69) is 20.1 Å². The highest BCUT2D eigenvalue weighted by Crippen LogP contribution is 2.23. The number of nitrogens with zero attached hydrogens (tertiary/aromatic N) is 6. The van der Waals surface area contributed by atoms with E-state index < -0.39 is 0 Å². The Bertz CT molecular complexity index is 879. The molecular weight excluding hydrogens is 268 g/mol. The second-order valence-electron chi connectivity index (χ2n) is 5.07. The second-order valence-corrected chi connectivity index (χ2v) is 5.07. The fourth-order valence-corrected chi connectivity index (χ4v) is 2.68. The lowest BCUT2D eigenvalue weighted by atomic mass is 10.1. The van der Waals surface area contributed by atoms with E-state index in [4.69, 9.17) is 0 Å². The summed E-state index contributed by atoms with van der Waals surface area (Å²) in [7, 11) is 1.89. The van der Waals surface area contributed by atoms with Crippen molar-refractivity contribution in [3.05, 3.63) is 46.0 Å². The van der Waals surface area contributed by atoms with Crippen molar-refractivity contribution >= 4 is 11.2 Å². The molecule has 0 aliphatic rings. The third kappa shape index (κ3) is 2.01. The molecular formula is C14H16N6O. The summed E-state index contributed by atoms with van der Waals surface area (Å²) >= 11 is 0. The molecule has 108 valence electrons. The molecule has 0 aromatic carbocycles. The minimum atomic E-state index is -0.191. The van der Waals surface area contributed by atoms with Crippen molar-refractivity contribution in [2.24, 2.45) is 7.05 Å². The van der Waals surface area contributed by atoms with E-state index in [1.165, 1.54) is 18.7 Å². The molecule has 3 aromatic heterocycles. The van der Waals surface area contributed by atoms with Crippen LogP contribution in [0.2, 0.25) is 0 Å². The molecule has 0 saturated heterocycles. The molecule has 3 heterocycles. The molecule has 3 aromatic rings. The number of fused-ring (bicyclic) bond motifs is 1. The molecule has 0 bridgehead atoms. The van der Waals surface area contributed by atoms with Crippen LogP contribution in [0, 0.1) is 13.8 Å². The summed E-state index contributed by atoms with van der Waals surface area (Å²) in [5.41, 5.74) is 3.43. The van der Waals surface area contributed by atoms with Gasteiger partial charge in [-0.3, -0.25) is 14.0 Å². The summed E-state index contributed by atoms with van der Waals surface area (Å²) in [4.78, 5) is 24.9. The quantitative estimate of drug-likeness (QED) is 0.705. The molecule has 0 amide bonds. The maximum Gasteiger partial charge on any atom is 0.282 e. The predicted molar refractivity (Wildman–Crippen MR) is 78.1 cm³/mol. The van der Waals surface area contributed by atoms with Crippen LogP contribution < -0.4 is 5.56 Å². The van der Waals surface area contributed by atoms with Crippen molar-refractivity contribution in [2.45, 2.75) is 26.8 Å². The van der Waals surface area contributed by atoms with Crippen molar-refractivity contribution in [3.63, 3.8) is 0 Å². The monoisotopic (exact) mass is 284 g/mol. The van der Waals surface area contributed by atoms with Gasteiger partial charge in [0, 0.05) is 30.7 Å². The maximum atomic E-state index is 12.6. The molecule has 7 heteroatoms. The number of aryl methyl sites for hydroxylation is 2. The highest BCUT2D eigenvalue weighted by Gasteiger charge is 2.20. The molecule has 0 saturated carbocycles. The van der Waals surface area contributed by atoms with Crippen LogP contribution in [0.25, 0.3) is 11.2 Å². The molecule has 1 unspecified atom stereocenters. The first-order valence-electron chi connectivity index (χ1n) is 6.68. The van der Waals surface area contributed by atoms with E-state index in [1.807, 2.05) is 32.5 Å². The molecule has 3 rings (SSSR count). The van der Waals surface area contributed by atoms with Crippen LogP contribution in [-0.2, 0) is 7.05 Å². The summed E-state index contributed by atoms with van der Waals surface area (Å²) < 4.78 is 3.40. The Morgan fingerprint density at radius 1 is 1.14 bits per heavy atom. The molecule has 0 aliphatic carbocycles. The molecule has 1 atom stereocenters. The lowest BCUT2D eigenvalue weighted by molar-refractivity contribution is 0.599. The van der Waals surface area contributed by atoms with Gasteiger partial charge in [-0.15, -0.1) is 0 Å². The van der Waals surface area contributed by atoms with Gasteiger partial charge in [-0.2, -0.15) is 5.10 Å². The van der Waals surface area contributed by atoms with Gasteiger partial charge in [0.2, 0.25) is 0 Å². The Labute approximate surface area is 121 Å². The van der Waals surface area contributed by atoms with Gasteiger partial charge in [-0.1, -0.05) is 0 Å². The Hall–Kier alpha value is -2.57. The van der Waals surface area contributed by atoms with Gasteiger partial charge in [0.15, 0.2) is 11.2 Å². The van der Waals surface area contributed by atoms with Crippen molar-refractivity contribution in [1.82, 2.24) is 29.3 Å². The average molecular weight is 284 g/mol. The van der Waals surface area contributed by atoms with Crippen LogP contribution in [0.3, 0.4) is 0 Å². The first kappa shape index (κ1) is 13.4. The summed E-state index contributed by atoms with van der Waals surface area (Å²) in [5.74, 6) is 0. The van der Waals surface area contributed by atoms with Crippen molar-refractivity contribution in [2.75, 3.05) is 0 Å². The molecule has 7 nitrogen and oxygen atoms in total. The highest BCUT2D eigenvalue weighted by atomic mass is 16.1. The van der Waals surface area contributed by atoms with Crippen molar-refractivity contribution in [3.8, 4) is 0 Å². The average Bonchev–Trinajstić information content (AvgIpc) is 2.72. The summed E-state index contributed by atoms with van der Waals surface area (Å²) in [6, 6.07) is -0.162. The Morgan fingerprint density at radius 2 is 1.86 bits per heavy atom. The van der Waals surface area contributed by atoms with Crippen molar-refractivity contribution < 1.29 is 0 Å². The van der Waals surface area contributed by atoms with Gasteiger partial charge in [0.05, 0.1) is 11.7 Å². The third-order valence-corrected chi connectivity index (χ3v) is 3.82. The SMILES string of the molecule is Cc1nn(C)c(C)c1C(C)n1cnc2nccnc2c1=O. The van der Waals surface area contributed by atoms with Crippen LogP contribution in [0.15, 0.2) is 23.5 Å². The van der Waals surface area contributed by atoms with E-state index in [-0.39, 0.29) is 17.1 Å². The van der Waals surface area contributed by atoms with Crippen LogP contribution in [-0.4, -0.2) is 29.3 Å². The van der Waals surface area contributed by atoms with E-state index in [0.29, 0.717) is 5.65 Å². The number of hydrogen-bond acceptors (Lipinski definition) is 5. The van der Waals surface area contributed by atoms with Crippen LogP contribution in [0.1, 0.15) is 29.9 Å². The van der Waals surface area contributed by atoms with Gasteiger partial charge in [-0.25, -0.2) is 15.0 Å². The molecule has 0 aliphatic heterocycles. The van der Waals surface area contributed by atoms with Gasteiger partial charge in [-0.05, 0) is 20.8 Å². The van der Waals surface area contributed by atoms with Gasteiger partial charge >= 0.3 is 0 Å². The van der Waals surface area contributed by atoms with Gasteiger partial charge < -0.3 is 0 Å². The van der Waals surface area contributed by atoms with E-state index in [1.54, 1.807) is 4.57 Å². The zero-order valence-electron chi connectivity index (χ0n) is 12.4. The minimum Gasteiger partial charge on any atom is -0.290 e. The van der Waals surface area contributed by atoms with Crippen LogP contribution >= 0.6 is 0 Å². The van der Waals surface area contributed by atoms with E-state index >= 15 is 0 Å². The van der Waals surface area contributed by atoms with Crippen LogP contribution in [0.4, 0.5) is 0 Å². The molecule has 21 heavy (non-hydrogen) atoms. The minimum absolute atomic E-state index is 0.162. The zero-order valence-corrected chi connectivity index (χ0v) is 12.4. The molecule has 0 N–H and O–H groups in total. The number of aromatic nitrogens is 6. The highest BCUT2D eigenvalue weighted by molar-refractivity contribution is 5.67. The predicted octanol–water partition coefficient (Wildman–Crippen LogP) is 1.15. The van der Waals surface area contributed by atoms with Crippen molar-refractivity contribution in [1.29, 1.82) is 0 Å². The molecule has 0 radical (unpaired) electrons. The Balaban J connectivity index is 2.20. The maximum absolute atomic E-state index is 12.6. The third-order valence-electron chi connectivity index (χ3n) is 3.82. The molecule has 0 fully saturated rings.